The first-order valence-corrected chi connectivity index (χ1v) is 7.16. The Kier molecular flexibility index (Phi) is 4.12. The number of ether oxygens (including phenoxy) is 1. The Morgan fingerprint density at radius 2 is 1.81 bits per heavy atom. The van der Waals surface area contributed by atoms with Gasteiger partial charge in [-0.15, -0.1) is 0 Å². The van der Waals surface area contributed by atoms with Crippen LogP contribution in [0.2, 0.25) is 0 Å². The molecule has 0 amide bonds. The van der Waals surface area contributed by atoms with Crippen LogP contribution in [-0.2, 0) is 6.54 Å². The number of nitrogens with zero attached hydrogens (tertiary/aromatic N) is 1. The van der Waals surface area contributed by atoms with Crippen molar-refractivity contribution in [1.82, 2.24) is 10.3 Å². The number of rotatable bonds is 5. The summed E-state index contributed by atoms with van der Waals surface area (Å²) in [5.74, 6) is 1.59. The SMILES string of the molecule is CCNCc1cncc(Oc2ccc3ccccc3c2)c1. The molecule has 0 saturated heterocycles. The maximum absolute atomic E-state index is 5.92. The fourth-order valence-electron chi connectivity index (χ4n) is 2.25. The molecule has 3 aromatic rings. The summed E-state index contributed by atoms with van der Waals surface area (Å²) in [6.07, 6.45) is 3.60. The first-order valence-electron chi connectivity index (χ1n) is 7.16. The van der Waals surface area contributed by atoms with E-state index in [-0.39, 0.29) is 0 Å². The summed E-state index contributed by atoms with van der Waals surface area (Å²) >= 11 is 0. The van der Waals surface area contributed by atoms with Crippen LogP contribution >= 0.6 is 0 Å². The van der Waals surface area contributed by atoms with Gasteiger partial charge in [0.05, 0.1) is 6.20 Å². The van der Waals surface area contributed by atoms with E-state index < -0.39 is 0 Å². The monoisotopic (exact) mass is 278 g/mol. The zero-order chi connectivity index (χ0) is 14.5. The number of nitrogens with one attached hydrogen (secondary N) is 1. The second-order valence-corrected chi connectivity index (χ2v) is 4.92. The second-order valence-electron chi connectivity index (χ2n) is 4.92. The van der Waals surface area contributed by atoms with E-state index in [1.165, 1.54) is 10.8 Å². The van der Waals surface area contributed by atoms with Crippen molar-refractivity contribution in [3.8, 4) is 11.5 Å². The minimum absolute atomic E-state index is 0.765. The van der Waals surface area contributed by atoms with Crippen LogP contribution in [-0.4, -0.2) is 11.5 Å². The Bertz CT molecular complexity index is 740. The van der Waals surface area contributed by atoms with Gasteiger partial charge in [0, 0.05) is 12.7 Å². The maximum atomic E-state index is 5.92. The fourth-order valence-corrected chi connectivity index (χ4v) is 2.25. The number of fused-ring (bicyclic) bond motifs is 1. The van der Waals surface area contributed by atoms with Crippen molar-refractivity contribution in [3.05, 3.63) is 66.5 Å². The van der Waals surface area contributed by atoms with E-state index in [9.17, 15) is 0 Å². The van der Waals surface area contributed by atoms with Gasteiger partial charge in [-0.2, -0.15) is 0 Å². The first kappa shape index (κ1) is 13.6. The summed E-state index contributed by atoms with van der Waals surface area (Å²) < 4.78 is 5.92. The summed E-state index contributed by atoms with van der Waals surface area (Å²) in [6, 6.07) is 16.4. The van der Waals surface area contributed by atoms with Crippen LogP contribution in [0.1, 0.15) is 12.5 Å². The standard InChI is InChI=1S/C18H18N2O/c1-2-19-11-14-9-18(13-20-12-14)21-17-8-7-15-5-3-4-6-16(15)10-17/h3-10,12-13,19H,2,11H2,1H3. The van der Waals surface area contributed by atoms with Crippen molar-refractivity contribution in [2.24, 2.45) is 0 Å². The number of pyridine rings is 1. The lowest BCUT2D eigenvalue weighted by molar-refractivity contribution is 0.479. The lowest BCUT2D eigenvalue weighted by atomic mass is 10.1. The second kappa shape index (κ2) is 6.37. The molecule has 3 heteroatoms. The molecule has 1 aromatic heterocycles. The van der Waals surface area contributed by atoms with Gasteiger partial charge in [-0.1, -0.05) is 37.3 Å². The highest BCUT2D eigenvalue weighted by Gasteiger charge is 2.01. The van der Waals surface area contributed by atoms with Crippen LogP contribution in [0, 0.1) is 0 Å². The van der Waals surface area contributed by atoms with Crippen LogP contribution in [0.3, 0.4) is 0 Å². The molecule has 1 heterocycles. The Morgan fingerprint density at radius 3 is 2.67 bits per heavy atom. The summed E-state index contributed by atoms with van der Waals surface area (Å²) in [6.45, 7) is 3.83. The Balaban J connectivity index is 1.81. The topological polar surface area (TPSA) is 34.2 Å². The molecule has 0 fully saturated rings. The van der Waals surface area contributed by atoms with Crippen LogP contribution < -0.4 is 10.1 Å². The summed E-state index contributed by atoms with van der Waals surface area (Å²) in [4.78, 5) is 4.23. The lowest BCUT2D eigenvalue weighted by Gasteiger charge is -2.08. The third-order valence-electron chi connectivity index (χ3n) is 3.31. The molecule has 3 nitrogen and oxygen atoms in total. The van der Waals surface area contributed by atoms with Gasteiger partial charge in [-0.3, -0.25) is 4.98 Å². The highest BCUT2D eigenvalue weighted by molar-refractivity contribution is 5.83. The predicted molar refractivity (Wildman–Crippen MR) is 85.6 cm³/mol. The molecule has 1 N–H and O–H groups in total. The first-order chi connectivity index (χ1) is 10.3. The van der Waals surface area contributed by atoms with Gasteiger partial charge in [0.2, 0.25) is 0 Å². The molecule has 0 unspecified atom stereocenters. The third-order valence-corrected chi connectivity index (χ3v) is 3.31. The molecular weight excluding hydrogens is 260 g/mol. The minimum atomic E-state index is 0.765. The molecule has 0 radical (unpaired) electrons. The lowest BCUT2D eigenvalue weighted by Crippen LogP contribution is -2.11. The smallest absolute Gasteiger partial charge is 0.146 e. The molecule has 0 aliphatic rings. The van der Waals surface area contributed by atoms with Crippen LogP contribution in [0.25, 0.3) is 10.8 Å². The number of hydrogen-bond donors (Lipinski definition) is 1. The van der Waals surface area contributed by atoms with Crippen molar-refractivity contribution in [2.75, 3.05) is 6.54 Å². The van der Waals surface area contributed by atoms with E-state index in [4.69, 9.17) is 4.74 Å². The quantitative estimate of drug-likeness (QED) is 0.761. The summed E-state index contributed by atoms with van der Waals surface area (Å²) in [7, 11) is 0. The molecule has 0 aliphatic heterocycles. The van der Waals surface area contributed by atoms with E-state index in [1.807, 2.05) is 36.5 Å². The van der Waals surface area contributed by atoms with Gasteiger partial charge >= 0.3 is 0 Å². The molecule has 0 aliphatic carbocycles. The minimum Gasteiger partial charge on any atom is -0.456 e. The normalized spacial score (nSPS) is 10.7. The molecule has 0 bridgehead atoms. The zero-order valence-electron chi connectivity index (χ0n) is 12.0. The van der Waals surface area contributed by atoms with Crippen LogP contribution in [0.15, 0.2) is 60.9 Å². The number of benzene rings is 2. The predicted octanol–water partition coefficient (Wildman–Crippen LogP) is 4.14. The van der Waals surface area contributed by atoms with E-state index >= 15 is 0 Å². The van der Waals surface area contributed by atoms with Crippen molar-refractivity contribution < 1.29 is 4.74 Å². The Labute approximate surface area is 124 Å². The van der Waals surface area contributed by atoms with Gasteiger partial charge in [0.1, 0.15) is 11.5 Å². The average molecular weight is 278 g/mol. The van der Waals surface area contributed by atoms with E-state index in [0.717, 1.165) is 30.2 Å². The van der Waals surface area contributed by atoms with Crippen molar-refractivity contribution >= 4 is 10.8 Å². The van der Waals surface area contributed by atoms with Gasteiger partial charge in [0.25, 0.3) is 0 Å². The molecule has 0 saturated carbocycles. The maximum Gasteiger partial charge on any atom is 0.146 e. The van der Waals surface area contributed by atoms with Crippen LogP contribution in [0.5, 0.6) is 11.5 Å². The Morgan fingerprint density at radius 1 is 0.952 bits per heavy atom. The van der Waals surface area contributed by atoms with E-state index in [1.54, 1.807) is 6.20 Å². The van der Waals surface area contributed by atoms with Crippen molar-refractivity contribution in [2.45, 2.75) is 13.5 Å². The molecule has 21 heavy (non-hydrogen) atoms. The molecular formula is C18H18N2O. The van der Waals surface area contributed by atoms with Gasteiger partial charge in [-0.25, -0.2) is 0 Å². The van der Waals surface area contributed by atoms with Gasteiger partial charge < -0.3 is 10.1 Å². The molecule has 0 spiro atoms. The molecule has 106 valence electrons. The van der Waals surface area contributed by atoms with Crippen LogP contribution in [0.4, 0.5) is 0 Å². The third kappa shape index (κ3) is 3.38. The van der Waals surface area contributed by atoms with Crippen molar-refractivity contribution in [3.63, 3.8) is 0 Å². The highest BCUT2D eigenvalue weighted by atomic mass is 16.5. The van der Waals surface area contributed by atoms with E-state index in [0.29, 0.717) is 0 Å². The zero-order valence-corrected chi connectivity index (χ0v) is 12.0. The fraction of sp³-hybridized carbons (Fsp3) is 0.167. The average Bonchev–Trinajstić information content (AvgIpc) is 2.53. The van der Waals surface area contributed by atoms with E-state index in [2.05, 4.69) is 35.4 Å². The molecule has 3 rings (SSSR count). The van der Waals surface area contributed by atoms with Gasteiger partial charge in [0.15, 0.2) is 0 Å². The molecule has 0 atom stereocenters. The van der Waals surface area contributed by atoms with Crippen molar-refractivity contribution in [1.29, 1.82) is 0 Å². The van der Waals surface area contributed by atoms with Gasteiger partial charge in [-0.05, 0) is 41.1 Å². The number of aromatic nitrogens is 1. The molecule has 2 aromatic carbocycles. The summed E-state index contributed by atoms with van der Waals surface area (Å²) in [5, 5.41) is 5.67. The highest BCUT2D eigenvalue weighted by Crippen LogP contribution is 2.25. The summed E-state index contributed by atoms with van der Waals surface area (Å²) in [5.41, 5.74) is 1.12. The largest absolute Gasteiger partial charge is 0.456 e. The Hall–Kier alpha value is -2.39. The number of hydrogen-bond acceptors (Lipinski definition) is 3.